The number of halogens is 3. The third kappa shape index (κ3) is 3.62. The van der Waals surface area contributed by atoms with E-state index in [4.69, 9.17) is 0 Å². The molecule has 0 saturated heterocycles. The minimum Gasteiger partial charge on any atom is -0.375 e. The number of fused-ring (bicyclic) bond motifs is 1. The van der Waals surface area contributed by atoms with E-state index in [1.54, 1.807) is 36.6 Å². The van der Waals surface area contributed by atoms with Crippen molar-refractivity contribution in [1.29, 1.82) is 0 Å². The molecule has 2 heterocycles. The molecule has 0 aliphatic rings. The number of benzene rings is 1. The lowest BCUT2D eigenvalue weighted by molar-refractivity contribution is -0.0499. The van der Waals surface area contributed by atoms with Crippen LogP contribution in [-0.2, 0) is 10.1 Å². The Hall–Kier alpha value is -2.60. The maximum Gasteiger partial charge on any atom is 0.534 e. The SMILES string of the molecule is CSc1ncc2c(OS(=O)(=O)C(F)(F)F)cc(=O)n(-c3ccccc3)c2n1. The first-order chi connectivity index (χ1) is 12.6. The topological polar surface area (TPSA) is 91.1 Å². The molecule has 3 rings (SSSR count). The first-order valence-electron chi connectivity index (χ1n) is 7.17. The summed E-state index contributed by atoms with van der Waals surface area (Å²) < 4.78 is 66.0. The Morgan fingerprint density at radius 2 is 1.85 bits per heavy atom. The summed E-state index contributed by atoms with van der Waals surface area (Å²) in [5, 5.41) is 0.0755. The van der Waals surface area contributed by atoms with Gasteiger partial charge in [0.15, 0.2) is 16.6 Å². The van der Waals surface area contributed by atoms with Crippen molar-refractivity contribution < 1.29 is 25.8 Å². The Balaban J connectivity index is 2.32. The van der Waals surface area contributed by atoms with Crippen LogP contribution >= 0.6 is 11.8 Å². The van der Waals surface area contributed by atoms with Gasteiger partial charge in [0.2, 0.25) is 0 Å². The van der Waals surface area contributed by atoms with E-state index in [-0.39, 0.29) is 16.2 Å². The molecule has 0 bridgehead atoms. The Kier molecular flexibility index (Phi) is 4.86. The summed E-state index contributed by atoms with van der Waals surface area (Å²) in [4.78, 5) is 20.6. The van der Waals surface area contributed by atoms with Crippen LogP contribution < -0.4 is 9.74 Å². The van der Waals surface area contributed by atoms with E-state index in [0.29, 0.717) is 11.8 Å². The molecule has 7 nitrogen and oxygen atoms in total. The van der Waals surface area contributed by atoms with Crippen LogP contribution in [0.3, 0.4) is 0 Å². The smallest absolute Gasteiger partial charge is 0.375 e. The fourth-order valence-electron chi connectivity index (χ4n) is 2.22. The lowest BCUT2D eigenvalue weighted by Crippen LogP contribution is -2.29. The Bertz CT molecular complexity index is 1160. The third-order valence-electron chi connectivity index (χ3n) is 3.38. The van der Waals surface area contributed by atoms with Gasteiger partial charge in [-0.2, -0.15) is 21.6 Å². The largest absolute Gasteiger partial charge is 0.534 e. The molecule has 142 valence electrons. The van der Waals surface area contributed by atoms with Gasteiger partial charge < -0.3 is 4.18 Å². The van der Waals surface area contributed by atoms with Crippen molar-refractivity contribution in [3.8, 4) is 11.4 Å². The molecule has 1 aromatic carbocycles. The van der Waals surface area contributed by atoms with Crippen LogP contribution in [0, 0.1) is 0 Å². The van der Waals surface area contributed by atoms with E-state index >= 15 is 0 Å². The molecular weight excluding hydrogens is 407 g/mol. The molecule has 0 aliphatic heterocycles. The zero-order valence-corrected chi connectivity index (χ0v) is 15.1. The highest BCUT2D eigenvalue weighted by atomic mass is 32.2. The molecule has 0 saturated carbocycles. The van der Waals surface area contributed by atoms with E-state index in [0.717, 1.165) is 22.5 Å². The molecule has 0 atom stereocenters. The molecule has 0 fully saturated rings. The number of para-hydroxylation sites is 1. The van der Waals surface area contributed by atoms with Gasteiger partial charge in [-0.25, -0.2) is 9.97 Å². The van der Waals surface area contributed by atoms with Gasteiger partial charge in [-0.1, -0.05) is 30.0 Å². The van der Waals surface area contributed by atoms with Gasteiger partial charge in [-0.3, -0.25) is 9.36 Å². The van der Waals surface area contributed by atoms with Crippen molar-refractivity contribution in [3.05, 3.63) is 52.9 Å². The highest BCUT2D eigenvalue weighted by molar-refractivity contribution is 7.98. The third-order valence-corrected chi connectivity index (χ3v) is 4.91. The second kappa shape index (κ2) is 6.85. The molecule has 0 N–H and O–H groups in total. The number of alkyl halides is 3. The van der Waals surface area contributed by atoms with E-state index in [2.05, 4.69) is 14.2 Å². The molecule has 0 amide bonds. The molecule has 0 aliphatic carbocycles. The first kappa shape index (κ1) is 19.2. The van der Waals surface area contributed by atoms with Crippen molar-refractivity contribution in [2.45, 2.75) is 10.7 Å². The number of hydrogen-bond donors (Lipinski definition) is 0. The van der Waals surface area contributed by atoms with Gasteiger partial charge in [0, 0.05) is 12.3 Å². The molecule has 2 aromatic heterocycles. The van der Waals surface area contributed by atoms with Crippen LogP contribution in [0.5, 0.6) is 5.75 Å². The van der Waals surface area contributed by atoms with Crippen molar-refractivity contribution in [2.75, 3.05) is 6.26 Å². The van der Waals surface area contributed by atoms with Gasteiger partial charge in [-0.15, -0.1) is 0 Å². The maximum absolute atomic E-state index is 12.7. The molecule has 12 heteroatoms. The quantitative estimate of drug-likeness (QED) is 0.279. The van der Waals surface area contributed by atoms with Crippen LogP contribution in [0.1, 0.15) is 0 Å². The minimum atomic E-state index is -5.96. The lowest BCUT2D eigenvalue weighted by Gasteiger charge is -2.14. The zero-order chi connectivity index (χ0) is 19.8. The molecular formula is C15H10F3N3O4S2. The summed E-state index contributed by atoms with van der Waals surface area (Å²) in [5.74, 6) is -0.799. The standard InChI is InChI=1S/C15H10F3N3O4S2/c1-26-14-19-8-10-11(25-27(23,24)15(16,17)18)7-12(22)21(13(10)20-14)9-5-3-2-4-6-9/h2-8H,1H3. The van der Waals surface area contributed by atoms with Gasteiger partial charge in [-0.05, 0) is 18.4 Å². The number of pyridine rings is 1. The summed E-state index contributed by atoms with van der Waals surface area (Å²) in [6.07, 6.45) is 2.77. The molecule has 0 radical (unpaired) electrons. The van der Waals surface area contributed by atoms with Crippen LogP contribution in [0.25, 0.3) is 16.7 Å². The normalized spacial score (nSPS) is 12.3. The second-order valence-corrected chi connectivity index (χ2v) is 7.41. The predicted molar refractivity (Wildman–Crippen MR) is 92.5 cm³/mol. The Morgan fingerprint density at radius 1 is 1.19 bits per heavy atom. The lowest BCUT2D eigenvalue weighted by atomic mass is 10.2. The van der Waals surface area contributed by atoms with E-state index in [1.165, 1.54) is 0 Å². The number of rotatable bonds is 4. The predicted octanol–water partition coefficient (Wildman–Crippen LogP) is 2.73. The number of hydrogen-bond acceptors (Lipinski definition) is 7. The van der Waals surface area contributed by atoms with E-state index < -0.39 is 26.9 Å². The van der Waals surface area contributed by atoms with Crippen molar-refractivity contribution in [2.24, 2.45) is 0 Å². The number of nitrogens with zero attached hydrogens (tertiary/aromatic N) is 3. The van der Waals surface area contributed by atoms with Crippen LogP contribution in [0.15, 0.2) is 52.5 Å². The number of aromatic nitrogens is 3. The summed E-state index contributed by atoms with van der Waals surface area (Å²) >= 11 is 1.14. The van der Waals surface area contributed by atoms with Crippen LogP contribution in [-0.4, -0.2) is 34.7 Å². The fraction of sp³-hybridized carbons (Fsp3) is 0.133. The van der Waals surface area contributed by atoms with Crippen molar-refractivity contribution in [1.82, 2.24) is 14.5 Å². The number of thioether (sulfide) groups is 1. The zero-order valence-electron chi connectivity index (χ0n) is 13.5. The van der Waals surface area contributed by atoms with Crippen molar-refractivity contribution >= 4 is 32.9 Å². The average molecular weight is 417 g/mol. The second-order valence-electron chi connectivity index (χ2n) is 5.09. The summed E-state index contributed by atoms with van der Waals surface area (Å²) in [6, 6.07) is 8.86. The summed E-state index contributed by atoms with van der Waals surface area (Å²) in [5.41, 5.74) is -6.15. The van der Waals surface area contributed by atoms with Gasteiger partial charge >= 0.3 is 15.6 Å². The minimum absolute atomic E-state index is 0.0829. The molecule has 0 spiro atoms. The molecule has 27 heavy (non-hydrogen) atoms. The van der Waals surface area contributed by atoms with Crippen LogP contribution in [0.4, 0.5) is 13.2 Å². The first-order valence-corrected chi connectivity index (χ1v) is 9.80. The van der Waals surface area contributed by atoms with E-state index in [9.17, 15) is 26.4 Å². The molecule has 0 unspecified atom stereocenters. The van der Waals surface area contributed by atoms with Gasteiger partial charge in [0.1, 0.15) is 0 Å². The highest BCUT2D eigenvalue weighted by Gasteiger charge is 2.48. The van der Waals surface area contributed by atoms with Crippen LogP contribution in [0.2, 0.25) is 0 Å². The Labute approximate surface area is 154 Å². The summed E-state index contributed by atoms with van der Waals surface area (Å²) in [7, 11) is -5.96. The fourth-order valence-corrected chi connectivity index (χ4v) is 3.02. The average Bonchev–Trinajstić information content (AvgIpc) is 2.60. The summed E-state index contributed by atoms with van der Waals surface area (Å²) in [6.45, 7) is 0. The highest BCUT2D eigenvalue weighted by Crippen LogP contribution is 2.31. The van der Waals surface area contributed by atoms with Gasteiger partial charge in [0.05, 0.1) is 11.1 Å². The van der Waals surface area contributed by atoms with Gasteiger partial charge in [0.25, 0.3) is 5.56 Å². The van der Waals surface area contributed by atoms with E-state index in [1.807, 2.05) is 0 Å². The Morgan fingerprint density at radius 3 is 2.44 bits per heavy atom. The molecule has 3 aromatic rings. The monoisotopic (exact) mass is 417 g/mol. The van der Waals surface area contributed by atoms with Crippen molar-refractivity contribution in [3.63, 3.8) is 0 Å². The maximum atomic E-state index is 12.7.